The average molecular weight is 375 g/mol. The molecule has 1 aliphatic rings. The summed E-state index contributed by atoms with van der Waals surface area (Å²) in [6.07, 6.45) is 4.05. The van der Waals surface area contributed by atoms with Crippen molar-refractivity contribution in [3.05, 3.63) is 71.0 Å². The fourth-order valence-electron chi connectivity index (χ4n) is 2.69. The van der Waals surface area contributed by atoms with E-state index in [-0.39, 0.29) is 12.6 Å². The van der Waals surface area contributed by atoms with Crippen LogP contribution in [0.3, 0.4) is 0 Å². The molecule has 0 bridgehead atoms. The minimum absolute atomic E-state index is 0.0473. The zero-order valence-electron chi connectivity index (χ0n) is 12.9. The molecule has 3 rings (SSSR count). The van der Waals surface area contributed by atoms with Crippen LogP contribution in [0.15, 0.2) is 65.4 Å². The van der Waals surface area contributed by atoms with Gasteiger partial charge in [0.1, 0.15) is 5.75 Å². The molecule has 5 heteroatoms. The van der Waals surface area contributed by atoms with Crippen molar-refractivity contribution in [2.24, 2.45) is 0 Å². The Kier molecular flexibility index (Phi) is 4.88. The molecule has 1 atom stereocenters. The molecule has 0 fully saturated rings. The summed E-state index contributed by atoms with van der Waals surface area (Å²) in [6, 6.07) is 15.9. The zero-order valence-corrected chi connectivity index (χ0v) is 14.5. The van der Waals surface area contributed by atoms with Crippen molar-refractivity contribution in [1.82, 2.24) is 4.90 Å². The smallest absolute Gasteiger partial charge is 0.119 e. The molecule has 4 nitrogen and oxygen atoms in total. The van der Waals surface area contributed by atoms with Gasteiger partial charge in [-0.1, -0.05) is 28.1 Å². The molecule has 120 valence electrons. The van der Waals surface area contributed by atoms with Crippen LogP contribution in [0.1, 0.15) is 11.6 Å². The van der Waals surface area contributed by atoms with Gasteiger partial charge in [-0.2, -0.15) is 0 Å². The van der Waals surface area contributed by atoms with Gasteiger partial charge in [-0.15, -0.1) is 0 Å². The third kappa shape index (κ3) is 3.51. The molecule has 0 spiro atoms. The SMILES string of the molecule is COc1cccc(C(CO)N2C=CN(c3ccc(Br)cc3)C2)c1. The van der Waals surface area contributed by atoms with Crippen LogP contribution in [0.2, 0.25) is 0 Å². The Bertz CT molecular complexity index is 688. The number of ether oxygens (including phenoxy) is 1. The molecule has 2 aromatic rings. The van der Waals surface area contributed by atoms with Crippen LogP contribution >= 0.6 is 15.9 Å². The second kappa shape index (κ2) is 7.06. The number of methoxy groups -OCH3 is 1. The summed E-state index contributed by atoms with van der Waals surface area (Å²) in [5.74, 6) is 0.800. The minimum Gasteiger partial charge on any atom is -0.497 e. The Labute approximate surface area is 144 Å². The highest BCUT2D eigenvalue weighted by molar-refractivity contribution is 9.10. The Morgan fingerprint density at radius 2 is 1.96 bits per heavy atom. The number of hydrogen-bond acceptors (Lipinski definition) is 4. The summed E-state index contributed by atoms with van der Waals surface area (Å²) in [5, 5.41) is 9.86. The van der Waals surface area contributed by atoms with Gasteiger partial charge in [-0.05, 0) is 42.0 Å². The topological polar surface area (TPSA) is 35.9 Å². The van der Waals surface area contributed by atoms with Gasteiger partial charge in [0.05, 0.1) is 26.4 Å². The van der Waals surface area contributed by atoms with Crippen molar-refractivity contribution in [2.75, 3.05) is 25.3 Å². The number of rotatable bonds is 5. The number of aliphatic hydroxyl groups excluding tert-OH is 1. The monoisotopic (exact) mass is 374 g/mol. The molecule has 0 saturated heterocycles. The predicted molar refractivity (Wildman–Crippen MR) is 95.3 cm³/mol. The average Bonchev–Trinajstić information content (AvgIpc) is 3.06. The lowest BCUT2D eigenvalue weighted by molar-refractivity contribution is 0.173. The highest BCUT2D eigenvalue weighted by Crippen LogP contribution is 2.29. The standard InChI is InChI=1S/C18H19BrN2O2/c1-23-17-4-2-3-14(11-17)18(12-22)21-10-9-20(13-21)16-7-5-15(19)6-8-16/h2-11,18,22H,12-13H2,1H3. The van der Waals surface area contributed by atoms with Gasteiger partial charge in [0.2, 0.25) is 0 Å². The van der Waals surface area contributed by atoms with E-state index in [4.69, 9.17) is 4.74 Å². The zero-order chi connectivity index (χ0) is 16.2. The number of hydrogen-bond donors (Lipinski definition) is 1. The van der Waals surface area contributed by atoms with Crippen LogP contribution in [-0.4, -0.2) is 30.4 Å². The molecule has 0 saturated carbocycles. The van der Waals surface area contributed by atoms with Gasteiger partial charge < -0.3 is 19.6 Å². The maximum absolute atomic E-state index is 9.86. The Morgan fingerprint density at radius 1 is 1.17 bits per heavy atom. The van der Waals surface area contributed by atoms with Crippen molar-refractivity contribution in [1.29, 1.82) is 0 Å². The van der Waals surface area contributed by atoms with Crippen LogP contribution in [0, 0.1) is 0 Å². The number of aliphatic hydroxyl groups is 1. The Morgan fingerprint density at radius 3 is 2.65 bits per heavy atom. The van der Waals surface area contributed by atoms with Crippen LogP contribution in [0.4, 0.5) is 5.69 Å². The van der Waals surface area contributed by atoms with E-state index < -0.39 is 0 Å². The van der Waals surface area contributed by atoms with E-state index in [0.717, 1.165) is 21.5 Å². The van der Waals surface area contributed by atoms with Gasteiger partial charge in [0.15, 0.2) is 0 Å². The largest absolute Gasteiger partial charge is 0.497 e. The van der Waals surface area contributed by atoms with Crippen molar-refractivity contribution >= 4 is 21.6 Å². The van der Waals surface area contributed by atoms with Gasteiger partial charge in [0, 0.05) is 22.6 Å². The molecule has 1 unspecified atom stereocenters. The van der Waals surface area contributed by atoms with E-state index in [1.165, 1.54) is 0 Å². The normalized spacial score (nSPS) is 15.1. The molecule has 1 aliphatic heterocycles. The van der Waals surface area contributed by atoms with E-state index in [1.807, 2.05) is 48.8 Å². The van der Waals surface area contributed by atoms with Crippen LogP contribution in [-0.2, 0) is 0 Å². The molecular formula is C18H19BrN2O2. The first-order valence-electron chi connectivity index (χ1n) is 7.42. The molecule has 1 N–H and O–H groups in total. The number of benzene rings is 2. The fourth-order valence-corrected chi connectivity index (χ4v) is 2.95. The first kappa shape index (κ1) is 15.9. The van der Waals surface area contributed by atoms with E-state index in [2.05, 4.69) is 37.9 Å². The lowest BCUT2D eigenvalue weighted by atomic mass is 10.1. The minimum atomic E-state index is -0.0956. The molecule has 1 heterocycles. The van der Waals surface area contributed by atoms with Crippen LogP contribution in [0.25, 0.3) is 0 Å². The summed E-state index contributed by atoms with van der Waals surface area (Å²) < 4.78 is 6.34. The summed E-state index contributed by atoms with van der Waals surface area (Å²) in [7, 11) is 1.65. The van der Waals surface area contributed by atoms with Gasteiger partial charge >= 0.3 is 0 Å². The summed E-state index contributed by atoms with van der Waals surface area (Å²) >= 11 is 3.45. The highest BCUT2D eigenvalue weighted by Gasteiger charge is 2.23. The number of halogens is 1. The van der Waals surface area contributed by atoms with Crippen molar-refractivity contribution in [2.45, 2.75) is 6.04 Å². The van der Waals surface area contributed by atoms with Crippen molar-refractivity contribution in [3.63, 3.8) is 0 Å². The van der Waals surface area contributed by atoms with Crippen LogP contribution < -0.4 is 9.64 Å². The maximum Gasteiger partial charge on any atom is 0.119 e. The highest BCUT2D eigenvalue weighted by atomic mass is 79.9. The van der Waals surface area contributed by atoms with Gasteiger partial charge in [-0.3, -0.25) is 0 Å². The Hall–Kier alpha value is -1.98. The van der Waals surface area contributed by atoms with Gasteiger partial charge in [-0.25, -0.2) is 0 Å². The van der Waals surface area contributed by atoms with Gasteiger partial charge in [0.25, 0.3) is 0 Å². The molecule has 0 radical (unpaired) electrons. The molecule has 0 aromatic heterocycles. The third-order valence-corrected chi connectivity index (χ3v) is 4.49. The lowest BCUT2D eigenvalue weighted by Gasteiger charge is -2.29. The quantitative estimate of drug-likeness (QED) is 0.864. The second-order valence-electron chi connectivity index (χ2n) is 5.37. The first-order chi connectivity index (χ1) is 11.2. The van der Waals surface area contributed by atoms with E-state index in [9.17, 15) is 5.11 Å². The van der Waals surface area contributed by atoms with E-state index in [0.29, 0.717) is 6.67 Å². The number of nitrogens with zero attached hydrogens (tertiary/aromatic N) is 2. The van der Waals surface area contributed by atoms with Crippen LogP contribution in [0.5, 0.6) is 5.75 Å². The first-order valence-corrected chi connectivity index (χ1v) is 8.21. The number of anilines is 1. The summed E-state index contributed by atoms with van der Waals surface area (Å²) in [4.78, 5) is 4.27. The molecule has 0 amide bonds. The lowest BCUT2D eigenvalue weighted by Crippen LogP contribution is -2.30. The second-order valence-corrected chi connectivity index (χ2v) is 6.29. The summed E-state index contributed by atoms with van der Waals surface area (Å²) in [5.41, 5.74) is 2.16. The van der Waals surface area contributed by atoms with Crippen molar-refractivity contribution in [3.8, 4) is 5.75 Å². The fraction of sp³-hybridized carbons (Fsp3) is 0.222. The van der Waals surface area contributed by atoms with Crippen molar-refractivity contribution < 1.29 is 9.84 Å². The molecular weight excluding hydrogens is 356 g/mol. The molecule has 0 aliphatic carbocycles. The summed E-state index contributed by atoms with van der Waals surface area (Å²) in [6.45, 7) is 0.746. The molecule has 23 heavy (non-hydrogen) atoms. The Balaban J connectivity index is 1.76. The maximum atomic E-state index is 9.86. The third-order valence-electron chi connectivity index (χ3n) is 3.96. The predicted octanol–water partition coefficient (Wildman–Crippen LogP) is 3.74. The molecule has 2 aromatic carbocycles. The van der Waals surface area contributed by atoms with E-state index in [1.54, 1.807) is 7.11 Å². The van der Waals surface area contributed by atoms with E-state index >= 15 is 0 Å².